The van der Waals surface area contributed by atoms with Crippen molar-refractivity contribution in [3.8, 4) is 5.75 Å². The number of benzene rings is 2. The number of hydrogen-bond acceptors (Lipinski definition) is 4. The van der Waals surface area contributed by atoms with E-state index in [1.807, 2.05) is 0 Å². The summed E-state index contributed by atoms with van der Waals surface area (Å²) in [5.74, 6) is -2.24. The average Bonchev–Trinajstić information content (AvgIpc) is 2.71. The van der Waals surface area contributed by atoms with Gasteiger partial charge in [0.25, 0.3) is 0 Å². The van der Waals surface area contributed by atoms with E-state index in [2.05, 4.69) is 6.58 Å². The second-order valence-electron chi connectivity index (χ2n) is 7.56. The van der Waals surface area contributed by atoms with Gasteiger partial charge in [0.15, 0.2) is 5.78 Å². The fourth-order valence-corrected chi connectivity index (χ4v) is 2.98. The number of alkyl halides is 3. The summed E-state index contributed by atoms with van der Waals surface area (Å²) in [6.07, 6.45) is -4.27. The number of primary amides is 1. The van der Waals surface area contributed by atoms with Crippen LogP contribution in [0.2, 0.25) is 5.02 Å². The Morgan fingerprint density at radius 1 is 1.12 bits per heavy atom. The number of allylic oxidation sites excluding steroid dienone is 1. The molecule has 1 amide bonds. The van der Waals surface area contributed by atoms with Crippen LogP contribution in [0.5, 0.6) is 5.75 Å². The Morgan fingerprint density at radius 3 is 2.24 bits per heavy atom. The van der Waals surface area contributed by atoms with Gasteiger partial charge in [0.1, 0.15) is 12.4 Å². The Morgan fingerprint density at radius 2 is 1.76 bits per heavy atom. The lowest BCUT2D eigenvalue weighted by molar-refractivity contribution is -0.143. The number of rotatable bonds is 9. The first-order valence-electron chi connectivity index (χ1n) is 9.95. The lowest BCUT2D eigenvalue weighted by Crippen LogP contribution is -2.22. The fraction of sp³-hybridized carbons (Fsp3) is 0.292. The molecule has 0 saturated heterocycles. The lowest BCUT2D eigenvalue weighted by Gasteiger charge is -2.11. The zero-order valence-electron chi connectivity index (χ0n) is 18.6. The van der Waals surface area contributed by atoms with Crippen molar-refractivity contribution in [2.45, 2.75) is 39.5 Å². The molecule has 10 heteroatoms. The predicted octanol–water partition coefficient (Wildman–Crippen LogP) is 5.67. The highest BCUT2D eigenvalue weighted by Gasteiger charge is 2.31. The van der Waals surface area contributed by atoms with Crippen LogP contribution in [0.3, 0.4) is 0 Å². The van der Waals surface area contributed by atoms with Crippen LogP contribution in [0.1, 0.15) is 48.2 Å². The Labute approximate surface area is 200 Å². The van der Waals surface area contributed by atoms with Gasteiger partial charge in [-0.15, -0.1) is 6.58 Å². The average molecular weight is 500 g/mol. The van der Waals surface area contributed by atoms with E-state index in [9.17, 15) is 27.6 Å². The molecular weight excluding hydrogens is 475 g/mol. The maximum atomic E-state index is 12.5. The maximum absolute atomic E-state index is 12.5. The van der Waals surface area contributed by atoms with Crippen LogP contribution < -0.4 is 10.5 Å². The van der Waals surface area contributed by atoms with Gasteiger partial charge in [-0.3, -0.25) is 14.4 Å². The molecule has 0 radical (unpaired) electrons. The van der Waals surface area contributed by atoms with Gasteiger partial charge >= 0.3 is 12.1 Å². The molecule has 0 aliphatic heterocycles. The third-order valence-corrected chi connectivity index (χ3v) is 4.67. The molecule has 2 aromatic carbocycles. The number of ketones is 1. The van der Waals surface area contributed by atoms with Crippen molar-refractivity contribution in [1.29, 1.82) is 0 Å². The molecule has 0 heterocycles. The molecular formula is C24H25ClF3NO5. The Balaban J connectivity index is 0.000000411. The fourth-order valence-electron chi connectivity index (χ4n) is 2.75. The molecule has 2 aromatic rings. The minimum atomic E-state index is -4.45. The molecule has 184 valence electrons. The summed E-state index contributed by atoms with van der Waals surface area (Å²) in [5, 5.41) is 8.51. The first kappa shape index (κ1) is 28.7. The zero-order chi connectivity index (χ0) is 26.1. The minimum absolute atomic E-state index is 0.0746. The van der Waals surface area contributed by atoms with Crippen molar-refractivity contribution >= 4 is 29.3 Å². The molecule has 0 bridgehead atoms. The summed E-state index contributed by atoms with van der Waals surface area (Å²) < 4.78 is 43.0. The smallest absolute Gasteiger partial charge is 0.416 e. The van der Waals surface area contributed by atoms with Crippen molar-refractivity contribution in [1.82, 2.24) is 0 Å². The number of nitrogens with two attached hydrogens (primary N) is 1. The van der Waals surface area contributed by atoms with Gasteiger partial charge in [0.2, 0.25) is 5.91 Å². The summed E-state index contributed by atoms with van der Waals surface area (Å²) >= 11 is 5.80. The Bertz CT molecular complexity index is 1040. The van der Waals surface area contributed by atoms with E-state index in [0.717, 1.165) is 23.3 Å². The van der Waals surface area contributed by atoms with Crippen LogP contribution in [0.4, 0.5) is 13.2 Å². The molecule has 0 aromatic heterocycles. The van der Waals surface area contributed by atoms with Gasteiger partial charge in [-0.25, -0.2) is 0 Å². The van der Waals surface area contributed by atoms with E-state index in [-0.39, 0.29) is 29.6 Å². The van der Waals surface area contributed by atoms with Crippen LogP contribution in [-0.2, 0) is 22.4 Å². The molecule has 0 fully saturated rings. The summed E-state index contributed by atoms with van der Waals surface area (Å²) in [5.41, 5.74) is 6.05. The number of amides is 1. The molecule has 2 rings (SSSR count). The van der Waals surface area contributed by atoms with Crippen molar-refractivity contribution in [3.05, 3.63) is 76.3 Å². The van der Waals surface area contributed by atoms with Gasteiger partial charge < -0.3 is 15.6 Å². The third kappa shape index (κ3) is 10.1. The number of ether oxygens (including phenoxy) is 1. The van der Waals surface area contributed by atoms with Crippen molar-refractivity contribution in [2.24, 2.45) is 11.7 Å². The maximum Gasteiger partial charge on any atom is 0.416 e. The Kier molecular flexibility index (Phi) is 10.8. The normalized spacial score (nSPS) is 11.6. The molecule has 6 nitrogen and oxygen atoms in total. The topological polar surface area (TPSA) is 107 Å². The van der Waals surface area contributed by atoms with Crippen LogP contribution >= 0.6 is 11.6 Å². The van der Waals surface area contributed by atoms with Gasteiger partial charge in [0.05, 0.1) is 16.5 Å². The number of halogens is 4. The molecule has 1 unspecified atom stereocenters. The summed E-state index contributed by atoms with van der Waals surface area (Å²) in [6.45, 7) is 6.84. The van der Waals surface area contributed by atoms with Gasteiger partial charge in [0, 0.05) is 12.0 Å². The predicted molar refractivity (Wildman–Crippen MR) is 122 cm³/mol. The monoisotopic (exact) mass is 499 g/mol. The van der Waals surface area contributed by atoms with Crippen LogP contribution in [-0.4, -0.2) is 22.8 Å². The number of Topliss-reactive ketones (excluding diaryl/α,β-unsaturated/α-hetero) is 1. The molecule has 1 atom stereocenters. The highest BCUT2D eigenvalue weighted by Crippen LogP contribution is 2.34. The first-order valence-corrected chi connectivity index (χ1v) is 10.3. The van der Waals surface area contributed by atoms with Crippen molar-refractivity contribution < 1.29 is 37.4 Å². The SMILES string of the molecule is C=C(C)CC(CC(N)=O)C(=O)O.CC(=O)c1cccc(COc2ccc(C(F)(F)F)cc2Cl)c1. The van der Waals surface area contributed by atoms with E-state index in [0.29, 0.717) is 12.0 Å². The lowest BCUT2D eigenvalue weighted by atomic mass is 9.98. The van der Waals surface area contributed by atoms with Gasteiger partial charge in [-0.1, -0.05) is 35.4 Å². The number of hydrogen-bond donors (Lipinski definition) is 2. The zero-order valence-corrected chi connectivity index (χ0v) is 19.4. The molecule has 34 heavy (non-hydrogen) atoms. The highest BCUT2D eigenvalue weighted by molar-refractivity contribution is 6.32. The first-order chi connectivity index (χ1) is 15.7. The van der Waals surface area contributed by atoms with Crippen LogP contribution in [0.25, 0.3) is 0 Å². The quantitative estimate of drug-likeness (QED) is 0.341. The number of carbonyl (C=O) groups excluding carboxylic acids is 2. The van der Waals surface area contributed by atoms with Crippen LogP contribution in [0.15, 0.2) is 54.6 Å². The van der Waals surface area contributed by atoms with E-state index in [4.69, 9.17) is 27.2 Å². The van der Waals surface area contributed by atoms with Gasteiger partial charge in [-0.2, -0.15) is 13.2 Å². The molecule has 0 spiro atoms. The second kappa shape index (κ2) is 12.8. The molecule has 3 N–H and O–H groups in total. The van der Waals surface area contributed by atoms with E-state index >= 15 is 0 Å². The standard InChI is InChI=1S/C16H12ClF3O2.C8H13NO3/c1-10(21)12-4-2-3-11(7-12)9-22-15-6-5-13(8-14(15)17)16(18,19)20;1-5(2)3-6(8(11)12)4-7(9)10/h2-8H,9H2,1H3;6H,1,3-4H2,2H3,(H2,9,10)(H,11,12). The molecule has 0 aliphatic rings. The second-order valence-corrected chi connectivity index (χ2v) is 7.96. The van der Waals surface area contributed by atoms with E-state index in [1.165, 1.54) is 13.0 Å². The molecule has 0 aliphatic carbocycles. The summed E-state index contributed by atoms with van der Waals surface area (Å²) in [7, 11) is 0. The summed E-state index contributed by atoms with van der Waals surface area (Å²) in [4.78, 5) is 32.2. The van der Waals surface area contributed by atoms with Crippen molar-refractivity contribution in [3.63, 3.8) is 0 Å². The number of carboxylic acid groups (broad SMARTS) is 1. The number of aliphatic carboxylic acids is 1. The third-order valence-electron chi connectivity index (χ3n) is 4.38. The largest absolute Gasteiger partial charge is 0.487 e. The molecule has 0 saturated carbocycles. The highest BCUT2D eigenvalue weighted by atomic mass is 35.5. The summed E-state index contributed by atoms with van der Waals surface area (Å²) in [6, 6.07) is 9.72. The minimum Gasteiger partial charge on any atom is -0.487 e. The van der Waals surface area contributed by atoms with E-state index in [1.54, 1.807) is 31.2 Å². The number of carboxylic acids is 1. The van der Waals surface area contributed by atoms with E-state index < -0.39 is 29.5 Å². The Hall–Kier alpha value is -3.33. The van der Waals surface area contributed by atoms with Crippen molar-refractivity contribution in [2.75, 3.05) is 0 Å². The number of carbonyl (C=O) groups is 3. The van der Waals surface area contributed by atoms with Gasteiger partial charge in [-0.05, 0) is 50.1 Å². The van der Waals surface area contributed by atoms with Crippen LogP contribution in [0, 0.1) is 5.92 Å².